The molecular formula is C15H28O2. The van der Waals surface area contributed by atoms with E-state index < -0.39 is 0 Å². The van der Waals surface area contributed by atoms with Gasteiger partial charge in [-0.05, 0) is 58.3 Å². The van der Waals surface area contributed by atoms with E-state index in [-0.39, 0.29) is 6.29 Å². The van der Waals surface area contributed by atoms with Crippen LogP contribution in [0.15, 0.2) is 11.6 Å². The van der Waals surface area contributed by atoms with Crippen molar-refractivity contribution in [2.75, 3.05) is 13.2 Å². The normalized spacial score (nSPS) is 22.2. The van der Waals surface area contributed by atoms with Crippen molar-refractivity contribution < 1.29 is 9.47 Å². The van der Waals surface area contributed by atoms with E-state index in [1.165, 1.54) is 31.3 Å². The number of allylic oxidation sites excluding steroid dienone is 2. The highest BCUT2D eigenvalue weighted by molar-refractivity contribution is 4.92. The first kappa shape index (κ1) is 14.7. The Bertz CT molecular complexity index is 213. The third-order valence-corrected chi connectivity index (χ3v) is 3.26. The van der Waals surface area contributed by atoms with Crippen molar-refractivity contribution in [2.24, 2.45) is 5.92 Å². The molecule has 0 amide bonds. The summed E-state index contributed by atoms with van der Waals surface area (Å²) in [6.45, 7) is 8.35. The second-order valence-electron chi connectivity index (χ2n) is 5.42. The molecule has 0 aromatic heterocycles. The average Bonchev–Trinajstić information content (AvgIpc) is 2.30. The Kier molecular flexibility index (Phi) is 7.54. The van der Waals surface area contributed by atoms with Gasteiger partial charge in [0.1, 0.15) is 0 Å². The third kappa shape index (κ3) is 7.56. The van der Waals surface area contributed by atoms with Crippen molar-refractivity contribution in [1.82, 2.24) is 0 Å². The van der Waals surface area contributed by atoms with E-state index in [0.717, 1.165) is 32.0 Å². The summed E-state index contributed by atoms with van der Waals surface area (Å²) in [4.78, 5) is 0. The van der Waals surface area contributed by atoms with Gasteiger partial charge in [0, 0.05) is 13.2 Å². The Morgan fingerprint density at radius 1 is 1.35 bits per heavy atom. The Morgan fingerprint density at radius 2 is 2.18 bits per heavy atom. The molecule has 0 saturated carbocycles. The van der Waals surface area contributed by atoms with Crippen LogP contribution in [0.5, 0.6) is 0 Å². The molecule has 2 heteroatoms. The van der Waals surface area contributed by atoms with Crippen LogP contribution in [0.3, 0.4) is 0 Å². The molecule has 0 bridgehead atoms. The second-order valence-corrected chi connectivity index (χ2v) is 5.42. The van der Waals surface area contributed by atoms with Gasteiger partial charge in [-0.3, -0.25) is 0 Å². The molecule has 0 aromatic rings. The van der Waals surface area contributed by atoms with Crippen molar-refractivity contribution in [3.05, 3.63) is 11.6 Å². The zero-order valence-corrected chi connectivity index (χ0v) is 11.7. The maximum absolute atomic E-state index is 5.74. The minimum absolute atomic E-state index is 0.0775. The fourth-order valence-electron chi connectivity index (χ4n) is 2.04. The molecule has 0 aliphatic carbocycles. The van der Waals surface area contributed by atoms with Gasteiger partial charge in [0.2, 0.25) is 0 Å². The van der Waals surface area contributed by atoms with Crippen molar-refractivity contribution in [3.8, 4) is 0 Å². The van der Waals surface area contributed by atoms with Crippen LogP contribution < -0.4 is 0 Å². The van der Waals surface area contributed by atoms with Gasteiger partial charge in [0.25, 0.3) is 0 Å². The lowest BCUT2D eigenvalue weighted by atomic mass is 10.0. The first-order chi connectivity index (χ1) is 8.18. The maximum atomic E-state index is 5.74. The Labute approximate surface area is 106 Å². The molecule has 17 heavy (non-hydrogen) atoms. The Balaban J connectivity index is 1.99. The van der Waals surface area contributed by atoms with Gasteiger partial charge >= 0.3 is 0 Å². The lowest BCUT2D eigenvalue weighted by Crippen LogP contribution is -2.23. The SMILES string of the molecule is CC(C)=CCC[C@H](C)CCOC1CCCCO1. The van der Waals surface area contributed by atoms with Crippen LogP contribution in [0.1, 0.15) is 59.3 Å². The molecule has 1 aliphatic heterocycles. The van der Waals surface area contributed by atoms with Crippen LogP contribution in [0.2, 0.25) is 0 Å². The molecule has 0 aromatic carbocycles. The van der Waals surface area contributed by atoms with Crippen LogP contribution in [0, 0.1) is 5.92 Å². The molecule has 1 rings (SSSR count). The molecule has 1 aliphatic rings. The van der Waals surface area contributed by atoms with E-state index in [4.69, 9.17) is 9.47 Å². The molecule has 0 spiro atoms. The summed E-state index contributed by atoms with van der Waals surface area (Å²) in [6.07, 6.45) is 9.53. The summed E-state index contributed by atoms with van der Waals surface area (Å²) in [6, 6.07) is 0. The van der Waals surface area contributed by atoms with Crippen molar-refractivity contribution >= 4 is 0 Å². The van der Waals surface area contributed by atoms with Crippen molar-refractivity contribution in [2.45, 2.75) is 65.6 Å². The van der Waals surface area contributed by atoms with E-state index in [0.29, 0.717) is 0 Å². The Hall–Kier alpha value is -0.340. The average molecular weight is 240 g/mol. The maximum Gasteiger partial charge on any atom is 0.157 e. The highest BCUT2D eigenvalue weighted by Crippen LogP contribution is 2.16. The smallest absolute Gasteiger partial charge is 0.157 e. The van der Waals surface area contributed by atoms with Gasteiger partial charge < -0.3 is 9.47 Å². The molecule has 100 valence electrons. The van der Waals surface area contributed by atoms with Gasteiger partial charge in [0.15, 0.2) is 6.29 Å². The molecule has 0 radical (unpaired) electrons. The zero-order chi connectivity index (χ0) is 12.5. The van der Waals surface area contributed by atoms with Crippen LogP contribution in [-0.2, 0) is 9.47 Å². The predicted octanol–water partition coefficient (Wildman–Crippen LogP) is 4.30. The molecule has 1 fully saturated rings. The fourth-order valence-corrected chi connectivity index (χ4v) is 2.04. The minimum atomic E-state index is 0.0775. The van der Waals surface area contributed by atoms with E-state index in [2.05, 4.69) is 26.8 Å². The van der Waals surface area contributed by atoms with Crippen molar-refractivity contribution in [3.63, 3.8) is 0 Å². The standard InChI is InChI=1S/C15H28O2/c1-13(2)7-6-8-14(3)10-12-17-15-9-4-5-11-16-15/h7,14-15H,4-6,8-12H2,1-3H3/t14-,15?/m0/s1. The van der Waals surface area contributed by atoms with Crippen molar-refractivity contribution in [1.29, 1.82) is 0 Å². The van der Waals surface area contributed by atoms with E-state index in [1.54, 1.807) is 0 Å². The van der Waals surface area contributed by atoms with E-state index in [9.17, 15) is 0 Å². The molecule has 1 heterocycles. The molecule has 2 atom stereocenters. The topological polar surface area (TPSA) is 18.5 Å². The number of rotatable bonds is 7. The van der Waals surface area contributed by atoms with Crippen LogP contribution in [0.25, 0.3) is 0 Å². The van der Waals surface area contributed by atoms with Gasteiger partial charge in [-0.25, -0.2) is 0 Å². The third-order valence-electron chi connectivity index (χ3n) is 3.26. The molecule has 2 nitrogen and oxygen atoms in total. The van der Waals surface area contributed by atoms with Crippen LogP contribution in [-0.4, -0.2) is 19.5 Å². The summed E-state index contributed by atoms with van der Waals surface area (Å²) in [5.41, 5.74) is 1.42. The monoisotopic (exact) mass is 240 g/mol. The number of hydrogen-bond donors (Lipinski definition) is 0. The molecular weight excluding hydrogens is 212 g/mol. The zero-order valence-electron chi connectivity index (χ0n) is 11.7. The van der Waals surface area contributed by atoms with Gasteiger partial charge in [-0.1, -0.05) is 18.6 Å². The second kappa shape index (κ2) is 8.71. The van der Waals surface area contributed by atoms with Gasteiger partial charge in [0.05, 0.1) is 0 Å². The van der Waals surface area contributed by atoms with E-state index in [1.807, 2.05) is 0 Å². The number of ether oxygens (including phenoxy) is 2. The highest BCUT2D eigenvalue weighted by Gasteiger charge is 2.13. The van der Waals surface area contributed by atoms with E-state index >= 15 is 0 Å². The molecule has 1 unspecified atom stereocenters. The van der Waals surface area contributed by atoms with Gasteiger partial charge in [-0.15, -0.1) is 0 Å². The summed E-state index contributed by atoms with van der Waals surface area (Å²) in [7, 11) is 0. The summed E-state index contributed by atoms with van der Waals surface area (Å²) < 4.78 is 11.3. The summed E-state index contributed by atoms with van der Waals surface area (Å²) in [5, 5.41) is 0. The Morgan fingerprint density at radius 3 is 2.82 bits per heavy atom. The van der Waals surface area contributed by atoms with Gasteiger partial charge in [-0.2, -0.15) is 0 Å². The number of hydrogen-bond acceptors (Lipinski definition) is 2. The highest BCUT2D eigenvalue weighted by atomic mass is 16.7. The largest absolute Gasteiger partial charge is 0.353 e. The van der Waals surface area contributed by atoms with Crippen LogP contribution >= 0.6 is 0 Å². The predicted molar refractivity (Wildman–Crippen MR) is 72.0 cm³/mol. The lowest BCUT2D eigenvalue weighted by Gasteiger charge is -2.23. The molecule has 1 saturated heterocycles. The quantitative estimate of drug-likeness (QED) is 0.618. The molecule has 0 N–H and O–H groups in total. The fraction of sp³-hybridized carbons (Fsp3) is 0.867. The minimum Gasteiger partial charge on any atom is -0.353 e. The first-order valence-electron chi connectivity index (χ1n) is 7.05. The summed E-state index contributed by atoms with van der Waals surface area (Å²) >= 11 is 0. The summed E-state index contributed by atoms with van der Waals surface area (Å²) in [5.74, 6) is 0.745. The lowest BCUT2D eigenvalue weighted by molar-refractivity contribution is -0.163. The first-order valence-corrected chi connectivity index (χ1v) is 7.05. The van der Waals surface area contributed by atoms with Crippen LogP contribution in [0.4, 0.5) is 0 Å².